The number of pyridine rings is 9. The number of hydrogen-bond donors (Lipinski definition) is 6. The molecule has 9 aromatic heterocycles. The molecule has 0 radical (unpaired) electrons. The average molecular weight is 1570 g/mol. The number of anilines is 3. The van der Waals surface area contributed by atoms with Crippen LogP contribution in [0.2, 0.25) is 0 Å². The number of nitrogen functional groups attached to an aromatic ring is 3. The molecule has 2 amide bonds. The van der Waals surface area contributed by atoms with E-state index in [-0.39, 0.29) is 26.5 Å². The number of nitrogens with one attached hydrogen (secondary N) is 2. The van der Waals surface area contributed by atoms with Gasteiger partial charge in [-0.2, -0.15) is 0 Å². The van der Waals surface area contributed by atoms with Gasteiger partial charge in [0.05, 0.1) is 43.9 Å². The molecular formula is C85H79N15O10S3. The minimum atomic E-state index is -3.49. The molecule has 15 aromatic rings. The normalized spacial score (nSPS) is 11.5. The maximum atomic E-state index is 12.9. The van der Waals surface area contributed by atoms with Crippen LogP contribution in [0, 0.1) is 20.8 Å². The topological polar surface area (TPSA) is 407 Å². The number of benzene rings is 6. The number of aromatic nitrogens is 9. The van der Waals surface area contributed by atoms with Crippen LogP contribution in [-0.2, 0) is 73.1 Å². The molecule has 6 aromatic carbocycles. The molecular weight excluding hydrogens is 1490 g/mol. The molecule has 0 bridgehead atoms. The van der Waals surface area contributed by atoms with Crippen molar-refractivity contribution in [2.45, 2.75) is 74.4 Å². The van der Waals surface area contributed by atoms with Crippen LogP contribution < -0.4 is 33.6 Å². The fourth-order valence-corrected chi connectivity index (χ4v) is 15.5. The van der Waals surface area contributed by atoms with Gasteiger partial charge in [0.1, 0.15) is 17.5 Å². The fraction of sp³-hybridized carbons (Fsp3) is 0.153. The molecule has 10 N–H and O–H groups in total. The first-order valence-corrected chi connectivity index (χ1v) is 41.0. The number of nitrogens with two attached hydrogens (primary N) is 4. The monoisotopic (exact) mass is 1570 g/mol. The van der Waals surface area contributed by atoms with Crippen molar-refractivity contribution in [3.8, 4) is 0 Å². The SMILES string of the molecule is COC(=O)c1ccnc(Cc2cc(S(C)(=O)=O)c3ncc(C)cc3c2)c1.Cc1cnc2c(S(C)(=O)=O)cc(Cc3cc(C(=O)NCc4ccc5c(N)nccc5c4)ccn3)cc2c1.Cc1cnc2c(S(C)(=O)=O)cc(Cc3cc(C(=O)NCc4ccc5c(N)nccc5c4)ccn3)cc2c1.NCc1ccc2c(N)nccc2c1. The second-order valence-corrected chi connectivity index (χ2v) is 33.3. The molecule has 15 rings (SSSR count). The van der Waals surface area contributed by atoms with Gasteiger partial charge < -0.3 is 38.3 Å². The van der Waals surface area contributed by atoms with Crippen molar-refractivity contribution in [3.05, 3.63) is 303 Å². The number of esters is 1. The van der Waals surface area contributed by atoms with Crippen molar-refractivity contribution in [3.63, 3.8) is 0 Å². The Hall–Kier alpha value is -13.2. The summed E-state index contributed by atoms with van der Waals surface area (Å²) in [7, 11) is -9.09. The summed E-state index contributed by atoms with van der Waals surface area (Å²) in [5.74, 6) is 0.615. The summed E-state index contributed by atoms with van der Waals surface area (Å²) >= 11 is 0. The number of carbonyl (C=O) groups excluding carboxylic acids is 3. The molecule has 0 aliphatic heterocycles. The van der Waals surface area contributed by atoms with Crippen molar-refractivity contribution in [2.24, 2.45) is 5.73 Å². The van der Waals surface area contributed by atoms with E-state index in [2.05, 4.69) is 55.5 Å². The Morgan fingerprint density at radius 1 is 0.354 bits per heavy atom. The standard InChI is InChI=1S/2C28H25N5O3S.C19H18N2O4S.C10H11N3/c2*1-17-9-22-11-19(13-25(37(2,35)36)26(22)32-15-17)12-23-14-21(6-7-30-23)28(34)33-16-18-3-4-24-20(10-18)5-8-31-27(24)29;1-12-6-15-7-13(9-17(26(3,23)24)18(15)21-11-12)8-16-10-14(4-5-20-16)19(22)25-2;11-6-7-1-2-9-8(5-7)3-4-13-10(9)12/h2*3-11,13-15H,12,16H2,1-2H3,(H2,29,31)(H,33,34);4-7,9-11H,8H2,1-3H3;1-5H,6,11H2,(H2,12,13). The minimum Gasteiger partial charge on any atom is -0.465 e. The third-order valence-electron chi connectivity index (χ3n) is 18.3. The highest BCUT2D eigenvalue weighted by atomic mass is 32.2. The summed E-state index contributed by atoms with van der Waals surface area (Å²) in [5, 5.41) is 13.9. The number of sulfone groups is 3. The lowest BCUT2D eigenvalue weighted by atomic mass is 10.0. The molecule has 28 heteroatoms. The van der Waals surface area contributed by atoms with Gasteiger partial charge in [-0.05, 0) is 214 Å². The Morgan fingerprint density at radius 3 is 0.982 bits per heavy atom. The van der Waals surface area contributed by atoms with E-state index in [1.807, 2.05) is 130 Å². The van der Waals surface area contributed by atoms with Gasteiger partial charge in [-0.15, -0.1) is 0 Å². The zero-order valence-corrected chi connectivity index (χ0v) is 65.1. The van der Waals surface area contributed by atoms with Gasteiger partial charge in [-0.3, -0.25) is 39.5 Å². The number of fused-ring (bicyclic) bond motifs is 6. The van der Waals surface area contributed by atoms with E-state index in [9.17, 15) is 39.6 Å². The van der Waals surface area contributed by atoms with Crippen LogP contribution in [0.25, 0.3) is 65.0 Å². The van der Waals surface area contributed by atoms with Crippen molar-refractivity contribution >= 4 is 130 Å². The average Bonchev–Trinajstić information content (AvgIpc) is 0.784. The number of hydrogen-bond acceptors (Lipinski definition) is 23. The van der Waals surface area contributed by atoms with Crippen molar-refractivity contribution in [1.29, 1.82) is 0 Å². The van der Waals surface area contributed by atoms with E-state index < -0.39 is 35.5 Å². The van der Waals surface area contributed by atoms with Gasteiger partial charge in [0.25, 0.3) is 11.8 Å². The van der Waals surface area contributed by atoms with Gasteiger partial charge in [0.2, 0.25) is 0 Å². The number of rotatable bonds is 17. The number of amides is 2. The Balaban J connectivity index is 0.000000147. The number of ether oxygens (including phenoxy) is 1. The summed E-state index contributed by atoms with van der Waals surface area (Å²) in [6, 6.07) is 49.5. The molecule has 0 fully saturated rings. The van der Waals surface area contributed by atoms with Gasteiger partial charge in [0.15, 0.2) is 29.5 Å². The molecule has 0 spiro atoms. The number of aryl methyl sites for hydroxylation is 3. The maximum Gasteiger partial charge on any atom is 0.337 e. The lowest BCUT2D eigenvalue weighted by molar-refractivity contribution is 0.0600. The summed E-state index contributed by atoms with van der Waals surface area (Å²) in [6.45, 7) is 6.98. The zero-order valence-electron chi connectivity index (χ0n) is 62.7. The summed E-state index contributed by atoms with van der Waals surface area (Å²) < 4.78 is 78.9. The van der Waals surface area contributed by atoms with Crippen LogP contribution in [0.1, 0.15) is 98.2 Å². The van der Waals surface area contributed by atoms with Crippen LogP contribution in [-0.4, -0.2) is 114 Å². The van der Waals surface area contributed by atoms with Gasteiger partial charge in [-0.1, -0.05) is 36.4 Å². The van der Waals surface area contributed by atoms with E-state index in [0.717, 1.165) is 98.5 Å². The second-order valence-electron chi connectivity index (χ2n) is 27.3. The third-order valence-corrected chi connectivity index (χ3v) is 21.6. The zero-order chi connectivity index (χ0) is 80.5. The van der Waals surface area contributed by atoms with Crippen LogP contribution in [0.5, 0.6) is 0 Å². The Morgan fingerprint density at radius 2 is 0.655 bits per heavy atom. The smallest absolute Gasteiger partial charge is 0.337 e. The lowest BCUT2D eigenvalue weighted by Crippen LogP contribution is -2.23. The first-order chi connectivity index (χ1) is 53.9. The molecule has 0 saturated carbocycles. The molecule has 9 heterocycles. The van der Waals surface area contributed by atoms with E-state index in [1.165, 1.54) is 32.1 Å². The van der Waals surface area contributed by atoms with Crippen LogP contribution >= 0.6 is 0 Å². The van der Waals surface area contributed by atoms with E-state index in [0.29, 0.717) is 107 Å². The van der Waals surface area contributed by atoms with Crippen molar-refractivity contribution in [1.82, 2.24) is 55.5 Å². The van der Waals surface area contributed by atoms with Gasteiger partial charge >= 0.3 is 5.97 Å². The largest absolute Gasteiger partial charge is 0.465 e. The quantitative estimate of drug-likeness (QED) is 0.0461. The molecule has 113 heavy (non-hydrogen) atoms. The summed E-state index contributed by atoms with van der Waals surface area (Å²) in [6.07, 6.45) is 19.3. The predicted molar refractivity (Wildman–Crippen MR) is 440 cm³/mol. The van der Waals surface area contributed by atoms with Crippen molar-refractivity contribution < 1.29 is 44.4 Å². The molecule has 0 aliphatic rings. The van der Waals surface area contributed by atoms with Crippen LogP contribution in [0.4, 0.5) is 17.5 Å². The molecule has 0 unspecified atom stereocenters. The number of carbonyl (C=O) groups is 3. The van der Waals surface area contributed by atoms with Crippen LogP contribution in [0.15, 0.2) is 234 Å². The van der Waals surface area contributed by atoms with Crippen LogP contribution in [0.3, 0.4) is 0 Å². The molecule has 25 nitrogen and oxygen atoms in total. The Kier molecular flexibility index (Phi) is 23.9. The Labute approximate surface area is 652 Å². The summed E-state index contributed by atoms with van der Waals surface area (Å²) in [5.41, 5.74) is 35.9. The lowest BCUT2D eigenvalue weighted by Gasteiger charge is -2.10. The first-order valence-electron chi connectivity index (χ1n) is 35.3. The van der Waals surface area contributed by atoms with Gasteiger partial charge in [-0.25, -0.2) is 45.0 Å². The predicted octanol–water partition coefficient (Wildman–Crippen LogP) is 12.0. The number of methoxy groups -OCH3 is 1. The first kappa shape index (κ1) is 79.4. The molecule has 0 saturated heterocycles. The highest BCUT2D eigenvalue weighted by Gasteiger charge is 2.21. The van der Waals surface area contributed by atoms with E-state index >= 15 is 0 Å². The molecule has 0 atom stereocenters. The highest BCUT2D eigenvalue weighted by molar-refractivity contribution is 7.91. The number of nitrogens with zero attached hydrogens (tertiary/aromatic N) is 9. The summed E-state index contributed by atoms with van der Waals surface area (Å²) in [4.78, 5) is 76.2. The minimum absolute atomic E-state index is 0.182. The maximum absolute atomic E-state index is 12.9. The molecule has 572 valence electrons. The highest BCUT2D eigenvalue weighted by Crippen LogP contribution is 2.31. The van der Waals surface area contributed by atoms with Crippen molar-refractivity contribution in [2.75, 3.05) is 43.1 Å². The Bertz CT molecular complexity index is 6350. The third kappa shape index (κ3) is 19.7. The van der Waals surface area contributed by atoms with E-state index in [1.54, 1.807) is 104 Å². The fourth-order valence-electron chi connectivity index (χ4n) is 12.9. The second kappa shape index (κ2) is 34.0. The molecule has 0 aliphatic carbocycles. The van der Waals surface area contributed by atoms with E-state index in [4.69, 9.17) is 27.7 Å². The van der Waals surface area contributed by atoms with Gasteiger partial charge in [0, 0.05) is 174 Å².